The van der Waals surface area contributed by atoms with Crippen molar-refractivity contribution in [1.82, 2.24) is 10.3 Å². The van der Waals surface area contributed by atoms with Crippen molar-refractivity contribution in [3.63, 3.8) is 0 Å². The largest absolute Gasteiger partial charge is 0.368 e. The minimum atomic E-state index is -1.09. The number of aryl methyl sites for hydroxylation is 1. The number of rotatable bonds is 7. The summed E-state index contributed by atoms with van der Waals surface area (Å²) in [6.45, 7) is 1.65. The van der Waals surface area contributed by atoms with Gasteiger partial charge in [0.25, 0.3) is 11.8 Å². The summed E-state index contributed by atoms with van der Waals surface area (Å²) in [5.74, 6) is -3.20. The number of amides is 3. The zero-order valence-corrected chi connectivity index (χ0v) is 11.5. The average Bonchev–Trinajstić information content (AvgIpc) is 2.79. The lowest BCUT2D eigenvalue weighted by molar-refractivity contribution is -0.136. The highest BCUT2D eigenvalue weighted by molar-refractivity contribution is 7.11. The van der Waals surface area contributed by atoms with Gasteiger partial charge in [-0.15, -0.1) is 11.3 Å². The number of thiazole rings is 1. The molecule has 0 fully saturated rings. The molecule has 9 heteroatoms. The van der Waals surface area contributed by atoms with Crippen molar-refractivity contribution in [2.45, 2.75) is 25.8 Å². The minimum Gasteiger partial charge on any atom is -0.368 e. The molecule has 1 heterocycles. The van der Waals surface area contributed by atoms with Crippen LogP contribution < -0.4 is 16.8 Å². The normalized spacial score (nSPS) is 11.7. The Kier molecular flexibility index (Phi) is 5.32. The zero-order valence-electron chi connectivity index (χ0n) is 10.7. The molecule has 0 radical (unpaired) electrons. The first-order valence-electron chi connectivity index (χ1n) is 5.65. The van der Waals surface area contributed by atoms with Crippen LogP contribution in [0.5, 0.6) is 0 Å². The van der Waals surface area contributed by atoms with Crippen molar-refractivity contribution in [1.29, 1.82) is 0 Å². The number of hydrogen-bond acceptors (Lipinski definition) is 6. The van der Waals surface area contributed by atoms with Crippen LogP contribution >= 0.6 is 11.3 Å². The van der Waals surface area contributed by atoms with Crippen LogP contribution in [0.3, 0.4) is 0 Å². The number of ketones is 1. The lowest BCUT2D eigenvalue weighted by Gasteiger charge is -2.14. The van der Waals surface area contributed by atoms with E-state index in [1.54, 1.807) is 6.92 Å². The number of aromatic nitrogens is 1. The number of primary amides is 2. The average molecular weight is 298 g/mol. The van der Waals surface area contributed by atoms with Gasteiger partial charge in [0, 0.05) is 6.42 Å². The third-order valence-corrected chi connectivity index (χ3v) is 3.46. The fraction of sp³-hybridized carbons (Fsp3) is 0.364. The molecule has 0 aliphatic heterocycles. The van der Waals surface area contributed by atoms with Crippen LogP contribution in [-0.2, 0) is 14.4 Å². The molecular formula is C11H14N4O4S. The van der Waals surface area contributed by atoms with Crippen molar-refractivity contribution >= 4 is 34.8 Å². The molecule has 0 spiro atoms. The SMILES string of the molecule is Cc1ncsc1C(=O)NC(CCC(=O)C(N)=O)C(N)=O. The second-order valence-corrected chi connectivity index (χ2v) is 4.88. The molecule has 0 saturated heterocycles. The van der Waals surface area contributed by atoms with E-state index in [0.29, 0.717) is 10.6 Å². The zero-order chi connectivity index (χ0) is 15.3. The number of nitrogens with two attached hydrogens (primary N) is 2. The first-order chi connectivity index (χ1) is 9.32. The van der Waals surface area contributed by atoms with Crippen molar-refractivity contribution in [2.24, 2.45) is 11.5 Å². The van der Waals surface area contributed by atoms with Crippen LogP contribution in [0.15, 0.2) is 5.51 Å². The van der Waals surface area contributed by atoms with E-state index in [-0.39, 0.29) is 12.8 Å². The van der Waals surface area contributed by atoms with Crippen molar-refractivity contribution < 1.29 is 19.2 Å². The maximum atomic E-state index is 11.9. The van der Waals surface area contributed by atoms with Crippen LogP contribution in [0.2, 0.25) is 0 Å². The summed E-state index contributed by atoms with van der Waals surface area (Å²) in [7, 11) is 0. The third kappa shape index (κ3) is 4.12. The molecule has 1 atom stereocenters. The van der Waals surface area contributed by atoms with E-state index in [4.69, 9.17) is 11.5 Å². The summed E-state index contributed by atoms with van der Waals surface area (Å²) in [5.41, 5.74) is 12.0. The molecule has 0 bridgehead atoms. The topological polar surface area (TPSA) is 145 Å². The van der Waals surface area contributed by atoms with E-state index in [0.717, 1.165) is 11.3 Å². The fourth-order valence-electron chi connectivity index (χ4n) is 1.43. The summed E-state index contributed by atoms with van der Waals surface area (Å²) in [6, 6.07) is -1.05. The summed E-state index contributed by atoms with van der Waals surface area (Å²) in [6.07, 6.45) is -0.342. The highest BCUT2D eigenvalue weighted by atomic mass is 32.1. The van der Waals surface area contributed by atoms with Gasteiger partial charge in [-0.3, -0.25) is 19.2 Å². The second kappa shape index (κ2) is 6.75. The summed E-state index contributed by atoms with van der Waals surface area (Å²) < 4.78 is 0. The van der Waals surface area contributed by atoms with Gasteiger partial charge in [-0.2, -0.15) is 0 Å². The molecule has 0 aromatic carbocycles. The van der Waals surface area contributed by atoms with Crippen LogP contribution in [0.4, 0.5) is 0 Å². The van der Waals surface area contributed by atoms with E-state index in [2.05, 4.69) is 10.3 Å². The summed E-state index contributed by atoms with van der Waals surface area (Å²) in [5, 5.41) is 2.41. The molecule has 1 aromatic rings. The summed E-state index contributed by atoms with van der Waals surface area (Å²) in [4.78, 5) is 49.1. The molecule has 5 N–H and O–H groups in total. The Labute approximate surface area is 118 Å². The van der Waals surface area contributed by atoms with Gasteiger partial charge in [-0.05, 0) is 13.3 Å². The minimum absolute atomic E-state index is 0.0826. The molecule has 1 unspecified atom stereocenters. The number of carbonyl (C=O) groups excluding carboxylic acids is 4. The van der Waals surface area contributed by atoms with Crippen molar-refractivity contribution in [3.05, 3.63) is 16.1 Å². The molecule has 8 nitrogen and oxygen atoms in total. The fourth-order valence-corrected chi connectivity index (χ4v) is 2.13. The van der Waals surface area contributed by atoms with Gasteiger partial charge in [0.15, 0.2) is 0 Å². The molecule has 0 aliphatic carbocycles. The predicted molar refractivity (Wildman–Crippen MR) is 70.7 cm³/mol. The smallest absolute Gasteiger partial charge is 0.284 e. The third-order valence-electron chi connectivity index (χ3n) is 2.54. The maximum Gasteiger partial charge on any atom is 0.284 e. The van der Waals surface area contributed by atoms with Gasteiger partial charge in [-0.1, -0.05) is 0 Å². The Bertz CT molecular complexity index is 554. The van der Waals surface area contributed by atoms with Gasteiger partial charge in [0.2, 0.25) is 11.7 Å². The summed E-state index contributed by atoms with van der Waals surface area (Å²) >= 11 is 1.12. The molecule has 108 valence electrons. The lowest BCUT2D eigenvalue weighted by atomic mass is 10.1. The Morgan fingerprint density at radius 2 is 2.00 bits per heavy atom. The second-order valence-electron chi connectivity index (χ2n) is 4.02. The van der Waals surface area contributed by atoms with Gasteiger partial charge in [0.1, 0.15) is 10.9 Å². The van der Waals surface area contributed by atoms with Crippen LogP contribution in [0.25, 0.3) is 0 Å². The number of nitrogens with one attached hydrogen (secondary N) is 1. The van der Waals surface area contributed by atoms with Gasteiger partial charge in [0.05, 0.1) is 11.2 Å². The maximum absolute atomic E-state index is 11.9. The van der Waals surface area contributed by atoms with E-state index >= 15 is 0 Å². The van der Waals surface area contributed by atoms with E-state index in [1.165, 1.54) is 5.51 Å². The van der Waals surface area contributed by atoms with Gasteiger partial charge < -0.3 is 16.8 Å². The van der Waals surface area contributed by atoms with E-state index in [9.17, 15) is 19.2 Å². The monoisotopic (exact) mass is 298 g/mol. The molecule has 0 saturated carbocycles. The van der Waals surface area contributed by atoms with Crippen LogP contribution in [0, 0.1) is 6.92 Å². The van der Waals surface area contributed by atoms with E-state index < -0.39 is 29.5 Å². The molecular weight excluding hydrogens is 284 g/mol. The highest BCUT2D eigenvalue weighted by Gasteiger charge is 2.22. The van der Waals surface area contributed by atoms with E-state index in [1.807, 2.05) is 0 Å². The van der Waals surface area contributed by atoms with Crippen LogP contribution in [-0.4, -0.2) is 34.5 Å². The van der Waals surface area contributed by atoms with Crippen LogP contribution in [0.1, 0.15) is 28.2 Å². The Hall–Kier alpha value is -2.29. The quantitative estimate of drug-likeness (QED) is 0.545. The molecule has 1 rings (SSSR count). The lowest BCUT2D eigenvalue weighted by Crippen LogP contribution is -2.45. The number of hydrogen-bond donors (Lipinski definition) is 3. The van der Waals surface area contributed by atoms with Gasteiger partial charge in [-0.25, -0.2) is 4.98 Å². The Morgan fingerprint density at radius 1 is 1.35 bits per heavy atom. The highest BCUT2D eigenvalue weighted by Crippen LogP contribution is 2.12. The molecule has 1 aromatic heterocycles. The first-order valence-corrected chi connectivity index (χ1v) is 6.53. The number of Topliss-reactive ketones (excluding diaryl/α,β-unsaturated/α-hetero) is 1. The molecule has 20 heavy (non-hydrogen) atoms. The number of carbonyl (C=O) groups is 4. The first kappa shape index (κ1) is 15.8. The van der Waals surface area contributed by atoms with Crippen molar-refractivity contribution in [2.75, 3.05) is 0 Å². The Balaban J connectivity index is 2.66. The Morgan fingerprint density at radius 3 is 2.45 bits per heavy atom. The molecule has 3 amide bonds. The van der Waals surface area contributed by atoms with Crippen molar-refractivity contribution in [3.8, 4) is 0 Å². The predicted octanol–water partition coefficient (Wildman–Crippen LogP) is -1.13. The van der Waals surface area contributed by atoms with Gasteiger partial charge >= 0.3 is 0 Å². The standard InChI is InChI=1S/C11H14N4O4S/c1-5-8(20-4-14-5)11(19)15-6(9(12)17)2-3-7(16)10(13)18/h4,6H,2-3H2,1H3,(H2,12,17)(H2,13,18)(H,15,19). The molecule has 0 aliphatic rings. The number of nitrogens with zero attached hydrogens (tertiary/aromatic N) is 1.